The lowest BCUT2D eigenvalue weighted by Crippen LogP contribution is -2.16. The Balaban J connectivity index is 1.82. The van der Waals surface area contributed by atoms with Gasteiger partial charge in [-0.15, -0.1) is 0 Å². The zero-order chi connectivity index (χ0) is 15.3. The average Bonchev–Trinajstić information content (AvgIpc) is 3.02. The molecule has 2 aliphatic rings. The maximum Gasteiger partial charge on any atom is 0.339 e. The summed E-state index contributed by atoms with van der Waals surface area (Å²) in [5.74, 6) is -0.510. The van der Waals surface area contributed by atoms with E-state index in [4.69, 9.17) is 16.3 Å². The van der Waals surface area contributed by atoms with Crippen molar-refractivity contribution in [2.24, 2.45) is 0 Å². The standard InChI is InChI=1S/C16H11ClN2O3/c17-8-1-2-9-11(15(20)19-14(9)5-8)6-13-10-3-4-22-16(21)12(10)7-18-13/h1-2,5-7,18H,3-4H2,(H,19,20). The molecule has 2 aliphatic heterocycles. The van der Waals surface area contributed by atoms with Crippen LogP contribution >= 0.6 is 11.6 Å². The molecule has 2 aromatic rings. The molecule has 0 atom stereocenters. The number of carbonyl (C=O) groups excluding carboxylic acids is 2. The summed E-state index contributed by atoms with van der Waals surface area (Å²) in [7, 11) is 0. The van der Waals surface area contributed by atoms with Crippen molar-refractivity contribution in [3.05, 3.63) is 51.8 Å². The van der Waals surface area contributed by atoms with E-state index < -0.39 is 0 Å². The summed E-state index contributed by atoms with van der Waals surface area (Å²) in [5.41, 5.74) is 4.24. The Morgan fingerprint density at radius 2 is 2.09 bits per heavy atom. The van der Waals surface area contributed by atoms with Gasteiger partial charge in [-0.1, -0.05) is 17.7 Å². The third kappa shape index (κ3) is 1.94. The number of H-pyrrole nitrogens is 1. The SMILES string of the molecule is O=C1Nc2cc(Cl)ccc2C1=Cc1[nH]cc2c1CCOC2=O. The Morgan fingerprint density at radius 1 is 1.23 bits per heavy atom. The lowest BCUT2D eigenvalue weighted by Gasteiger charge is -2.12. The van der Waals surface area contributed by atoms with Crippen molar-refractivity contribution in [1.82, 2.24) is 4.98 Å². The number of cyclic esters (lactones) is 1. The molecule has 0 radical (unpaired) electrons. The third-order valence-electron chi connectivity index (χ3n) is 3.88. The summed E-state index contributed by atoms with van der Waals surface area (Å²) in [5, 5.41) is 3.36. The van der Waals surface area contributed by atoms with E-state index in [-0.39, 0.29) is 11.9 Å². The highest BCUT2D eigenvalue weighted by Gasteiger charge is 2.27. The molecular formula is C16H11ClN2O3. The van der Waals surface area contributed by atoms with Gasteiger partial charge in [0.05, 0.1) is 23.4 Å². The number of benzene rings is 1. The van der Waals surface area contributed by atoms with Gasteiger partial charge in [0.1, 0.15) is 0 Å². The van der Waals surface area contributed by atoms with Crippen LogP contribution in [0.3, 0.4) is 0 Å². The highest BCUT2D eigenvalue weighted by atomic mass is 35.5. The molecule has 0 saturated heterocycles. The van der Waals surface area contributed by atoms with Crippen molar-refractivity contribution in [3.63, 3.8) is 0 Å². The highest BCUT2D eigenvalue weighted by Crippen LogP contribution is 2.35. The molecule has 0 unspecified atom stereocenters. The number of fused-ring (bicyclic) bond motifs is 2. The smallest absolute Gasteiger partial charge is 0.339 e. The molecule has 0 saturated carbocycles. The zero-order valence-corrected chi connectivity index (χ0v) is 12.2. The molecule has 0 aliphatic carbocycles. The number of esters is 1. The minimum atomic E-state index is -0.329. The zero-order valence-electron chi connectivity index (χ0n) is 11.4. The lowest BCUT2D eigenvalue weighted by atomic mass is 10.0. The number of nitrogens with one attached hydrogen (secondary N) is 2. The van der Waals surface area contributed by atoms with Gasteiger partial charge in [0, 0.05) is 28.9 Å². The van der Waals surface area contributed by atoms with Gasteiger partial charge in [0.25, 0.3) is 5.91 Å². The van der Waals surface area contributed by atoms with Crippen molar-refractivity contribution in [2.45, 2.75) is 6.42 Å². The van der Waals surface area contributed by atoms with Crippen LogP contribution in [0.5, 0.6) is 0 Å². The summed E-state index contributed by atoms with van der Waals surface area (Å²) in [6.45, 7) is 0.359. The van der Waals surface area contributed by atoms with E-state index in [1.54, 1.807) is 24.4 Å². The Labute approximate surface area is 130 Å². The second kappa shape index (κ2) is 4.74. The number of hydrogen-bond donors (Lipinski definition) is 2. The first-order valence-electron chi connectivity index (χ1n) is 6.84. The summed E-state index contributed by atoms with van der Waals surface area (Å²) >= 11 is 5.94. The van der Waals surface area contributed by atoms with Gasteiger partial charge in [0.2, 0.25) is 0 Å². The van der Waals surface area contributed by atoms with E-state index in [0.29, 0.717) is 34.9 Å². The minimum Gasteiger partial charge on any atom is -0.462 e. The molecule has 5 nitrogen and oxygen atoms in total. The van der Waals surface area contributed by atoms with Gasteiger partial charge < -0.3 is 15.0 Å². The molecule has 110 valence electrons. The van der Waals surface area contributed by atoms with Crippen LogP contribution in [0.4, 0.5) is 5.69 Å². The molecule has 1 aromatic heterocycles. The highest BCUT2D eigenvalue weighted by molar-refractivity contribution is 6.36. The number of aromatic nitrogens is 1. The van der Waals surface area contributed by atoms with Crippen LogP contribution in [0.25, 0.3) is 11.6 Å². The first-order valence-corrected chi connectivity index (χ1v) is 7.21. The largest absolute Gasteiger partial charge is 0.462 e. The van der Waals surface area contributed by atoms with Crippen LogP contribution in [0.2, 0.25) is 5.02 Å². The quantitative estimate of drug-likeness (QED) is 0.628. The summed E-state index contributed by atoms with van der Waals surface area (Å²) < 4.78 is 5.00. The van der Waals surface area contributed by atoms with E-state index in [9.17, 15) is 9.59 Å². The van der Waals surface area contributed by atoms with Crippen LogP contribution in [0.15, 0.2) is 24.4 Å². The number of amides is 1. The number of halogens is 1. The van der Waals surface area contributed by atoms with Crippen molar-refractivity contribution in [3.8, 4) is 0 Å². The summed E-state index contributed by atoms with van der Waals surface area (Å²) in [6.07, 6.45) is 4.03. The van der Waals surface area contributed by atoms with E-state index in [1.807, 2.05) is 6.07 Å². The number of anilines is 1. The monoisotopic (exact) mass is 314 g/mol. The second-order valence-electron chi connectivity index (χ2n) is 5.18. The van der Waals surface area contributed by atoms with Gasteiger partial charge in [-0.05, 0) is 23.8 Å². The van der Waals surface area contributed by atoms with Crippen LogP contribution < -0.4 is 5.32 Å². The summed E-state index contributed by atoms with van der Waals surface area (Å²) in [4.78, 5) is 26.9. The molecule has 0 fully saturated rings. The molecule has 0 bridgehead atoms. The van der Waals surface area contributed by atoms with Gasteiger partial charge in [0.15, 0.2) is 0 Å². The van der Waals surface area contributed by atoms with E-state index in [1.165, 1.54) is 0 Å². The third-order valence-corrected chi connectivity index (χ3v) is 4.12. The van der Waals surface area contributed by atoms with E-state index in [2.05, 4.69) is 10.3 Å². The van der Waals surface area contributed by atoms with Gasteiger partial charge in [-0.25, -0.2) is 4.79 Å². The summed E-state index contributed by atoms with van der Waals surface area (Å²) in [6, 6.07) is 5.28. The first-order chi connectivity index (χ1) is 10.6. The van der Waals surface area contributed by atoms with E-state index >= 15 is 0 Å². The van der Waals surface area contributed by atoms with Gasteiger partial charge in [-0.2, -0.15) is 0 Å². The van der Waals surface area contributed by atoms with Crippen molar-refractivity contribution < 1.29 is 14.3 Å². The Bertz CT molecular complexity index is 851. The fourth-order valence-corrected chi connectivity index (χ4v) is 3.00. The maximum absolute atomic E-state index is 12.2. The molecule has 0 spiro atoms. The van der Waals surface area contributed by atoms with Crippen LogP contribution in [0, 0.1) is 0 Å². The Morgan fingerprint density at radius 3 is 2.95 bits per heavy atom. The Kier molecular flexibility index (Phi) is 2.84. The average molecular weight is 315 g/mol. The number of aromatic amines is 1. The lowest BCUT2D eigenvalue weighted by molar-refractivity contribution is -0.110. The van der Waals surface area contributed by atoms with Crippen LogP contribution in [-0.2, 0) is 16.0 Å². The second-order valence-corrected chi connectivity index (χ2v) is 5.62. The molecule has 1 amide bonds. The van der Waals surface area contributed by atoms with Crippen molar-refractivity contribution in [2.75, 3.05) is 11.9 Å². The van der Waals surface area contributed by atoms with Gasteiger partial charge in [-0.3, -0.25) is 4.79 Å². The fraction of sp³-hybridized carbons (Fsp3) is 0.125. The fourth-order valence-electron chi connectivity index (χ4n) is 2.83. The molecular weight excluding hydrogens is 304 g/mol. The van der Waals surface area contributed by atoms with Crippen LogP contribution in [0.1, 0.15) is 27.2 Å². The minimum absolute atomic E-state index is 0.181. The van der Waals surface area contributed by atoms with Crippen molar-refractivity contribution in [1.29, 1.82) is 0 Å². The molecule has 2 N–H and O–H groups in total. The molecule has 4 rings (SSSR count). The first kappa shape index (κ1) is 13.2. The van der Waals surface area contributed by atoms with Gasteiger partial charge >= 0.3 is 5.97 Å². The number of rotatable bonds is 1. The normalized spacial score (nSPS) is 18.0. The number of ether oxygens (including phenoxy) is 1. The molecule has 6 heteroatoms. The predicted molar refractivity (Wildman–Crippen MR) is 82.7 cm³/mol. The number of hydrogen-bond acceptors (Lipinski definition) is 3. The molecule has 3 heterocycles. The molecule has 1 aromatic carbocycles. The van der Waals surface area contributed by atoms with Crippen LogP contribution in [-0.4, -0.2) is 23.5 Å². The topological polar surface area (TPSA) is 71.2 Å². The Hall–Kier alpha value is -2.53. The maximum atomic E-state index is 12.2. The van der Waals surface area contributed by atoms with Crippen molar-refractivity contribution >= 4 is 40.8 Å². The van der Waals surface area contributed by atoms with E-state index in [0.717, 1.165) is 16.8 Å². The predicted octanol–water partition coefficient (Wildman–Crippen LogP) is 2.87. The number of carbonyl (C=O) groups is 2. The molecule has 22 heavy (non-hydrogen) atoms.